The van der Waals surface area contributed by atoms with Crippen LogP contribution in [0.2, 0.25) is 0 Å². The molecule has 1 atom stereocenters. The summed E-state index contributed by atoms with van der Waals surface area (Å²) in [5.41, 5.74) is 1.49. The number of benzene rings is 1. The molecule has 0 radical (unpaired) electrons. The molecule has 0 saturated carbocycles. The van der Waals surface area contributed by atoms with Crippen LogP contribution in [-0.2, 0) is 9.53 Å². The summed E-state index contributed by atoms with van der Waals surface area (Å²) in [7, 11) is 0. The summed E-state index contributed by atoms with van der Waals surface area (Å²) in [5.74, 6) is -0.355. The second kappa shape index (κ2) is 6.55. The highest BCUT2D eigenvalue weighted by Crippen LogP contribution is 2.33. The molecule has 1 aromatic rings. The number of ether oxygens (including phenoxy) is 1. The Labute approximate surface area is 118 Å². The molecule has 108 valence electrons. The van der Waals surface area contributed by atoms with Crippen molar-refractivity contribution in [1.82, 2.24) is 0 Å². The van der Waals surface area contributed by atoms with Crippen LogP contribution in [0.25, 0.3) is 5.57 Å². The lowest BCUT2D eigenvalue weighted by Crippen LogP contribution is -2.13. The normalized spacial score (nSPS) is 18.5. The second-order valence-electron chi connectivity index (χ2n) is 5.04. The Morgan fingerprint density at radius 1 is 1.50 bits per heavy atom. The molecule has 3 nitrogen and oxygen atoms in total. The molecule has 0 bridgehead atoms. The van der Waals surface area contributed by atoms with Crippen LogP contribution in [0.4, 0.5) is 4.39 Å². The van der Waals surface area contributed by atoms with Crippen LogP contribution in [0.5, 0.6) is 5.75 Å². The number of rotatable bonds is 4. The summed E-state index contributed by atoms with van der Waals surface area (Å²) in [6, 6.07) is 4.22. The van der Waals surface area contributed by atoms with E-state index in [4.69, 9.17) is 4.74 Å². The van der Waals surface area contributed by atoms with E-state index in [1.807, 2.05) is 6.08 Å². The molecule has 1 aliphatic carbocycles. The van der Waals surface area contributed by atoms with Crippen LogP contribution < -0.4 is 0 Å². The number of hydrogen-bond acceptors (Lipinski definition) is 3. The number of phenols is 1. The van der Waals surface area contributed by atoms with E-state index >= 15 is 0 Å². The van der Waals surface area contributed by atoms with Gasteiger partial charge in [0, 0.05) is 18.1 Å². The average Bonchev–Trinajstić information content (AvgIpc) is 2.40. The zero-order valence-electron chi connectivity index (χ0n) is 11.6. The third-order valence-corrected chi connectivity index (χ3v) is 3.58. The van der Waals surface area contributed by atoms with Gasteiger partial charge in [-0.2, -0.15) is 0 Å². The number of hydrogen-bond donors (Lipinski definition) is 1. The summed E-state index contributed by atoms with van der Waals surface area (Å²) >= 11 is 0. The summed E-state index contributed by atoms with van der Waals surface area (Å²) < 4.78 is 18.7. The van der Waals surface area contributed by atoms with E-state index in [0.717, 1.165) is 30.9 Å². The molecule has 0 aliphatic heterocycles. The van der Waals surface area contributed by atoms with Gasteiger partial charge in [0.1, 0.15) is 11.6 Å². The van der Waals surface area contributed by atoms with Crippen molar-refractivity contribution in [2.45, 2.75) is 32.6 Å². The Morgan fingerprint density at radius 3 is 2.90 bits per heavy atom. The van der Waals surface area contributed by atoms with Gasteiger partial charge in [-0.1, -0.05) is 6.08 Å². The number of allylic oxidation sites excluding steroid dienone is 2. The highest BCUT2D eigenvalue weighted by molar-refractivity contribution is 5.71. The van der Waals surface area contributed by atoms with Gasteiger partial charge in [0.25, 0.3) is 0 Å². The minimum atomic E-state index is -0.403. The fraction of sp³-hybridized carbons (Fsp3) is 0.438. The van der Waals surface area contributed by atoms with E-state index in [0.29, 0.717) is 18.6 Å². The Kier molecular flexibility index (Phi) is 4.77. The Hall–Kier alpha value is -1.84. The molecule has 0 saturated heterocycles. The van der Waals surface area contributed by atoms with Crippen LogP contribution >= 0.6 is 0 Å². The molecule has 0 spiro atoms. The van der Waals surface area contributed by atoms with Crippen LogP contribution in [0.15, 0.2) is 24.3 Å². The lowest BCUT2D eigenvalue weighted by Gasteiger charge is -2.21. The first-order valence-electron chi connectivity index (χ1n) is 6.93. The maximum atomic E-state index is 13.8. The van der Waals surface area contributed by atoms with Gasteiger partial charge in [-0.25, -0.2) is 4.39 Å². The molecular formula is C16H19FO3. The van der Waals surface area contributed by atoms with Crippen LogP contribution in [0.3, 0.4) is 0 Å². The number of esters is 1. The topological polar surface area (TPSA) is 46.5 Å². The molecule has 1 unspecified atom stereocenters. The quantitative estimate of drug-likeness (QED) is 0.855. The fourth-order valence-electron chi connectivity index (χ4n) is 2.54. The minimum Gasteiger partial charge on any atom is -0.508 e. The Balaban J connectivity index is 2.00. The van der Waals surface area contributed by atoms with E-state index < -0.39 is 5.82 Å². The zero-order valence-corrected chi connectivity index (χ0v) is 11.6. The highest BCUT2D eigenvalue weighted by Gasteiger charge is 2.20. The van der Waals surface area contributed by atoms with Gasteiger partial charge in [-0.15, -0.1) is 0 Å². The van der Waals surface area contributed by atoms with Gasteiger partial charge in [-0.05, 0) is 49.8 Å². The molecular weight excluding hydrogens is 259 g/mol. The Bertz CT molecular complexity index is 522. The van der Waals surface area contributed by atoms with E-state index in [1.165, 1.54) is 6.07 Å². The molecule has 4 heteroatoms. The van der Waals surface area contributed by atoms with Crippen molar-refractivity contribution in [3.8, 4) is 5.75 Å². The average molecular weight is 278 g/mol. The van der Waals surface area contributed by atoms with Crippen molar-refractivity contribution in [3.05, 3.63) is 35.7 Å². The van der Waals surface area contributed by atoms with Crippen molar-refractivity contribution in [1.29, 1.82) is 0 Å². The summed E-state index contributed by atoms with van der Waals surface area (Å²) in [6.07, 6.45) is 4.77. The standard InChI is InChI=1S/C16H19FO3/c1-2-20-16(19)9-11-3-5-12(6-4-11)14-8-7-13(18)10-15(14)17/h5,7-8,10-11,18H,2-4,6,9H2,1H3. The van der Waals surface area contributed by atoms with Crippen molar-refractivity contribution in [2.24, 2.45) is 5.92 Å². The van der Waals surface area contributed by atoms with E-state index in [9.17, 15) is 14.3 Å². The third kappa shape index (κ3) is 3.59. The first kappa shape index (κ1) is 14.6. The predicted octanol–water partition coefficient (Wildman–Crippen LogP) is 3.67. The largest absolute Gasteiger partial charge is 0.508 e. The van der Waals surface area contributed by atoms with Gasteiger partial charge < -0.3 is 9.84 Å². The van der Waals surface area contributed by atoms with Crippen molar-refractivity contribution < 1.29 is 19.0 Å². The molecule has 1 aromatic carbocycles. The predicted molar refractivity (Wildman–Crippen MR) is 74.6 cm³/mol. The monoisotopic (exact) mass is 278 g/mol. The fourth-order valence-corrected chi connectivity index (χ4v) is 2.54. The number of carbonyl (C=O) groups is 1. The molecule has 0 aromatic heterocycles. The van der Waals surface area contributed by atoms with Crippen LogP contribution in [-0.4, -0.2) is 17.7 Å². The minimum absolute atomic E-state index is 0.0668. The smallest absolute Gasteiger partial charge is 0.306 e. The summed E-state index contributed by atoms with van der Waals surface area (Å²) in [5, 5.41) is 9.22. The number of carbonyl (C=O) groups excluding carboxylic acids is 1. The van der Waals surface area contributed by atoms with Gasteiger partial charge >= 0.3 is 5.97 Å². The lowest BCUT2D eigenvalue weighted by molar-refractivity contribution is -0.144. The number of phenolic OH excluding ortho intramolecular Hbond substituents is 1. The van der Waals surface area contributed by atoms with Crippen LogP contribution in [0, 0.1) is 11.7 Å². The van der Waals surface area contributed by atoms with Gasteiger partial charge in [0.2, 0.25) is 0 Å². The van der Waals surface area contributed by atoms with Crippen molar-refractivity contribution in [3.63, 3.8) is 0 Å². The first-order valence-corrected chi connectivity index (χ1v) is 6.93. The molecule has 1 aliphatic rings. The SMILES string of the molecule is CCOC(=O)CC1CC=C(c2ccc(O)cc2F)CC1. The second-order valence-corrected chi connectivity index (χ2v) is 5.04. The van der Waals surface area contributed by atoms with E-state index in [1.54, 1.807) is 13.0 Å². The lowest BCUT2D eigenvalue weighted by atomic mass is 9.85. The third-order valence-electron chi connectivity index (χ3n) is 3.58. The van der Waals surface area contributed by atoms with Crippen LogP contribution in [0.1, 0.15) is 38.2 Å². The van der Waals surface area contributed by atoms with Crippen molar-refractivity contribution in [2.75, 3.05) is 6.61 Å². The highest BCUT2D eigenvalue weighted by atomic mass is 19.1. The van der Waals surface area contributed by atoms with E-state index in [2.05, 4.69) is 0 Å². The van der Waals surface area contributed by atoms with E-state index in [-0.39, 0.29) is 17.6 Å². The molecule has 20 heavy (non-hydrogen) atoms. The zero-order chi connectivity index (χ0) is 14.5. The molecule has 0 fully saturated rings. The molecule has 0 amide bonds. The maximum Gasteiger partial charge on any atom is 0.306 e. The Morgan fingerprint density at radius 2 is 2.30 bits per heavy atom. The maximum absolute atomic E-state index is 13.8. The van der Waals surface area contributed by atoms with Gasteiger partial charge in [0.15, 0.2) is 0 Å². The van der Waals surface area contributed by atoms with Gasteiger partial charge in [0.05, 0.1) is 6.61 Å². The summed E-state index contributed by atoms with van der Waals surface area (Å²) in [4.78, 5) is 11.4. The first-order chi connectivity index (χ1) is 9.60. The molecule has 0 heterocycles. The molecule has 2 rings (SSSR count). The van der Waals surface area contributed by atoms with Crippen molar-refractivity contribution >= 4 is 11.5 Å². The number of aromatic hydroxyl groups is 1. The molecule has 1 N–H and O–H groups in total. The number of halogens is 1. The van der Waals surface area contributed by atoms with Gasteiger partial charge in [-0.3, -0.25) is 4.79 Å². The summed E-state index contributed by atoms with van der Waals surface area (Å²) in [6.45, 7) is 2.20.